The maximum Gasteiger partial charge on any atom is 0.127 e. The summed E-state index contributed by atoms with van der Waals surface area (Å²) in [5, 5.41) is 1.69. The van der Waals surface area contributed by atoms with Gasteiger partial charge < -0.3 is 4.74 Å². The molecule has 1 aromatic rings. The molecule has 0 radical (unpaired) electrons. The second-order valence-electron chi connectivity index (χ2n) is 3.88. The molecule has 0 bridgehead atoms. The van der Waals surface area contributed by atoms with Crippen molar-refractivity contribution in [2.24, 2.45) is 0 Å². The van der Waals surface area contributed by atoms with E-state index >= 15 is 0 Å². The molecule has 16 heavy (non-hydrogen) atoms. The monoisotopic (exact) mass is 348 g/mol. The molecular formula is C13H18Br2O. The number of halogens is 2. The molecule has 0 N–H and O–H groups in total. The third-order valence-electron chi connectivity index (χ3n) is 2.42. The van der Waals surface area contributed by atoms with Gasteiger partial charge in [-0.2, -0.15) is 0 Å². The smallest absolute Gasteiger partial charge is 0.127 e. The minimum absolute atomic E-state index is 0.805. The van der Waals surface area contributed by atoms with Crippen LogP contribution in [0.2, 0.25) is 0 Å². The number of aryl methyl sites for hydroxylation is 1. The van der Waals surface area contributed by atoms with E-state index in [-0.39, 0.29) is 0 Å². The molecule has 0 aromatic heterocycles. The van der Waals surface area contributed by atoms with Gasteiger partial charge in [-0.3, -0.25) is 0 Å². The molecule has 0 amide bonds. The molecule has 0 unspecified atom stereocenters. The van der Waals surface area contributed by atoms with Crippen LogP contribution in [0.15, 0.2) is 12.1 Å². The van der Waals surface area contributed by atoms with Crippen molar-refractivity contribution in [1.29, 1.82) is 0 Å². The van der Waals surface area contributed by atoms with Crippen molar-refractivity contribution in [2.75, 3.05) is 6.61 Å². The summed E-state index contributed by atoms with van der Waals surface area (Å²) in [6.07, 6.45) is 2.27. The quantitative estimate of drug-likeness (QED) is 0.520. The summed E-state index contributed by atoms with van der Waals surface area (Å²) in [6, 6.07) is 4.37. The molecule has 0 heterocycles. The van der Waals surface area contributed by atoms with Gasteiger partial charge in [0.1, 0.15) is 5.75 Å². The maximum atomic E-state index is 5.89. The van der Waals surface area contributed by atoms with E-state index in [1.807, 2.05) is 0 Å². The third kappa shape index (κ3) is 3.77. The molecule has 1 nitrogen and oxygen atoms in total. The molecule has 0 saturated carbocycles. The van der Waals surface area contributed by atoms with Gasteiger partial charge in [-0.15, -0.1) is 0 Å². The number of hydrogen-bond acceptors (Lipinski definition) is 1. The minimum Gasteiger partial charge on any atom is -0.493 e. The second-order valence-corrected chi connectivity index (χ2v) is 5.00. The van der Waals surface area contributed by atoms with Crippen LogP contribution < -0.4 is 4.74 Å². The molecule has 0 saturated heterocycles. The first-order valence-electron chi connectivity index (χ1n) is 5.60. The van der Waals surface area contributed by atoms with Crippen molar-refractivity contribution < 1.29 is 4.74 Å². The van der Waals surface area contributed by atoms with Crippen LogP contribution in [0.25, 0.3) is 0 Å². The maximum absolute atomic E-state index is 5.89. The van der Waals surface area contributed by atoms with Gasteiger partial charge in [0.25, 0.3) is 0 Å². The van der Waals surface area contributed by atoms with Gasteiger partial charge in [-0.1, -0.05) is 62.9 Å². The fraction of sp³-hybridized carbons (Fsp3) is 0.538. The van der Waals surface area contributed by atoms with Crippen LogP contribution in [0.5, 0.6) is 5.75 Å². The molecule has 0 fully saturated rings. The Balaban J connectivity index is 2.93. The summed E-state index contributed by atoms with van der Waals surface area (Å²) < 4.78 is 5.89. The number of unbranched alkanes of at least 4 members (excludes halogenated alkanes) is 1. The van der Waals surface area contributed by atoms with Crippen LogP contribution in [0.4, 0.5) is 0 Å². The highest BCUT2D eigenvalue weighted by molar-refractivity contribution is 9.08. The van der Waals surface area contributed by atoms with Crippen LogP contribution in [0.3, 0.4) is 0 Å². The number of rotatable bonds is 6. The van der Waals surface area contributed by atoms with Gasteiger partial charge >= 0.3 is 0 Å². The summed E-state index contributed by atoms with van der Waals surface area (Å²) in [6.45, 7) is 5.10. The third-order valence-corrected chi connectivity index (χ3v) is 3.63. The van der Waals surface area contributed by atoms with Crippen molar-refractivity contribution in [3.63, 3.8) is 0 Å². The lowest BCUT2D eigenvalue weighted by atomic mass is 10.1. The molecule has 0 aliphatic rings. The van der Waals surface area contributed by atoms with E-state index in [2.05, 4.69) is 57.8 Å². The van der Waals surface area contributed by atoms with Gasteiger partial charge in [0.05, 0.1) is 6.61 Å². The number of hydrogen-bond donors (Lipinski definition) is 0. The molecule has 0 aliphatic heterocycles. The minimum atomic E-state index is 0.805. The summed E-state index contributed by atoms with van der Waals surface area (Å²) >= 11 is 7.04. The highest BCUT2D eigenvalue weighted by atomic mass is 79.9. The Kier molecular flexibility index (Phi) is 6.44. The molecule has 1 rings (SSSR count). The number of benzene rings is 1. The summed E-state index contributed by atoms with van der Waals surface area (Å²) in [7, 11) is 0. The predicted molar refractivity (Wildman–Crippen MR) is 76.8 cm³/mol. The lowest BCUT2D eigenvalue weighted by molar-refractivity contribution is 0.305. The Hall–Kier alpha value is -0.0200. The molecule has 0 spiro atoms. The largest absolute Gasteiger partial charge is 0.493 e. The molecule has 1 aromatic carbocycles. The van der Waals surface area contributed by atoms with E-state index in [0.29, 0.717) is 0 Å². The number of ether oxygens (including phenoxy) is 1. The van der Waals surface area contributed by atoms with Crippen LogP contribution in [0.1, 0.15) is 36.5 Å². The van der Waals surface area contributed by atoms with Crippen LogP contribution >= 0.6 is 31.9 Å². The zero-order valence-electron chi connectivity index (χ0n) is 9.85. The standard InChI is InChI=1S/C13H18Br2O/c1-3-4-5-16-13-11(8-14)6-10(2)7-12(13)9-15/h6-7H,3-5,8-9H2,1-2H3. The topological polar surface area (TPSA) is 9.23 Å². The molecule has 90 valence electrons. The predicted octanol–water partition coefficient (Wildman–Crippen LogP) is 4.96. The second kappa shape index (κ2) is 7.33. The Morgan fingerprint density at radius 1 is 1.12 bits per heavy atom. The Labute approximate surface area is 115 Å². The van der Waals surface area contributed by atoms with E-state index in [1.165, 1.54) is 23.1 Å². The lowest BCUT2D eigenvalue weighted by Gasteiger charge is -2.14. The fourth-order valence-corrected chi connectivity index (χ4v) is 2.46. The molecule has 0 atom stereocenters. The van der Waals surface area contributed by atoms with Gasteiger partial charge in [-0.05, 0) is 13.3 Å². The lowest BCUT2D eigenvalue weighted by Crippen LogP contribution is -2.02. The van der Waals surface area contributed by atoms with E-state index < -0.39 is 0 Å². The summed E-state index contributed by atoms with van der Waals surface area (Å²) in [5.41, 5.74) is 3.77. The average Bonchev–Trinajstić information content (AvgIpc) is 2.30. The first-order valence-corrected chi connectivity index (χ1v) is 7.84. The SMILES string of the molecule is CCCCOc1c(CBr)cc(C)cc1CBr. The van der Waals surface area contributed by atoms with Gasteiger partial charge in [0, 0.05) is 21.8 Å². The molecular weight excluding hydrogens is 332 g/mol. The van der Waals surface area contributed by atoms with Crippen molar-refractivity contribution in [3.8, 4) is 5.75 Å². The Morgan fingerprint density at radius 3 is 2.12 bits per heavy atom. The Bertz CT molecular complexity index is 312. The van der Waals surface area contributed by atoms with Crippen LogP contribution in [-0.2, 0) is 10.7 Å². The van der Waals surface area contributed by atoms with E-state index in [9.17, 15) is 0 Å². The normalized spacial score (nSPS) is 10.5. The van der Waals surface area contributed by atoms with Gasteiger partial charge in [-0.25, -0.2) is 0 Å². The summed E-state index contributed by atoms with van der Waals surface area (Å²) in [5.74, 6) is 1.05. The first-order chi connectivity index (χ1) is 7.72. The summed E-state index contributed by atoms with van der Waals surface area (Å²) in [4.78, 5) is 0. The average molecular weight is 350 g/mol. The highest BCUT2D eigenvalue weighted by Gasteiger charge is 2.09. The van der Waals surface area contributed by atoms with E-state index in [0.717, 1.165) is 29.4 Å². The molecule has 3 heteroatoms. The van der Waals surface area contributed by atoms with Crippen molar-refractivity contribution in [1.82, 2.24) is 0 Å². The van der Waals surface area contributed by atoms with Crippen molar-refractivity contribution in [3.05, 3.63) is 28.8 Å². The van der Waals surface area contributed by atoms with E-state index in [1.54, 1.807) is 0 Å². The van der Waals surface area contributed by atoms with Crippen LogP contribution in [-0.4, -0.2) is 6.61 Å². The molecule has 0 aliphatic carbocycles. The zero-order valence-corrected chi connectivity index (χ0v) is 13.0. The van der Waals surface area contributed by atoms with Crippen molar-refractivity contribution in [2.45, 2.75) is 37.3 Å². The zero-order chi connectivity index (χ0) is 12.0. The fourth-order valence-electron chi connectivity index (χ4n) is 1.63. The van der Waals surface area contributed by atoms with Gasteiger partial charge in [0.15, 0.2) is 0 Å². The number of alkyl halides is 2. The highest BCUT2D eigenvalue weighted by Crippen LogP contribution is 2.29. The van der Waals surface area contributed by atoms with Crippen molar-refractivity contribution >= 4 is 31.9 Å². The van der Waals surface area contributed by atoms with Crippen LogP contribution in [0, 0.1) is 6.92 Å². The Morgan fingerprint density at radius 2 is 1.69 bits per heavy atom. The first kappa shape index (κ1) is 14.0. The van der Waals surface area contributed by atoms with E-state index in [4.69, 9.17) is 4.74 Å². The van der Waals surface area contributed by atoms with Gasteiger partial charge in [0.2, 0.25) is 0 Å².